The van der Waals surface area contributed by atoms with E-state index < -0.39 is 0 Å². The Morgan fingerprint density at radius 1 is 1.29 bits per heavy atom. The third kappa shape index (κ3) is 4.32. The van der Waals surface area contributed by atoms with Gasteiger partial charge in [-0.3, -0.25) is 0 Å². The number of benzene rings is 1. The van der Waals surface area contributed by atoms with Crippen LogP contribution < -0.4 is 10.1 Å². The first-order valence-electron chi connectivity index (χ1n) is 5.65. The molecule has 0 aliphatic heterocycles. The van der Waals surface area contributed by atoms with Gasteiger partial charge >= 0.3 is 0 Å². The Bertz CT molecular complexity index is 396. The molecule has 1 aliphatic carbocycles. The lowest BCUT2D eigenvalue weighted by molar-refractivity contribution is 0.313. The summed E-state index contributed by atoms with van der Waals surface area (Å²) in [5.74, 6) is 1.52. The molecule has 1 aliphatic rings. The van der Waals surface area contributed by atoms with Gasteiger partial charge in [0, 0.05) is 17.1 Å². The normalized spacial score (nSPS) is 15.0. The molecule has 2 rings (SSSR count). The van der Waals surface area contributed by atoms with Crippen LogP contribution in [-0.2, 0) is 0 Å². The molecule has 0 atom stereocenters. The van der Waals surface area contributed by atoms with E-state index in [0.717, 1.165) is 23.5 Å². The van der Waals surface area contributed by atoms with E-state index in [9.17, 15) is 0 Å². The molecule has 0 unspecified atom stereocenters. The van der Waals surface area contributed by atoms with Crippen LogP contribution in [0, 0.1) is 5.92 Å². The maximum absolute atomic E-state index is 6.04. The van der Waals surface area contributed by atoms with Crippen molar-refractivity contribution in [2.45, 2.75) is 12.8 Å². The van der Waals surface area contributed by atoms with Gasteiger partial charge in [0.1, 0.15) is 12.4 Å². The van der Waals surface area contributed by atoms with E-state index in [1.54, 1.807) is 12.1 Å². The summed E-state index contributed by atoms with van der Waals surface area (Å²) < 4.78 is 6.36. The Kier molecular flexibility index (Phi) is 4.97. The molecule has 1 aromatic rings. The van der Waals surface area contributed by atoms with Crippen LogP contribution in [0.1, 0.15) is 12.8 Å². The monoisotopic (exact) mass is 337 g/mol. The van der Waals surface area contributed by atoms with E-state index in [1.165, 1.54) is 12.8 Å². The Balaban J connectivity index is 1.75. The van der Waals surface area contributed by atoms with Gasteiger partial charge in [0.2, 0.25) is 0 Å². The van der Waals surface area contributed by atoms with Gasteiger partial charge in [0.05, 0.1) is 10.0 Å². The lowest BCUT2D eigenvalue weighted by atomic mass is 10.3. The summed E-state index contributed by atoms with van der Waals surface area (Å²) in [6, 6.07) is 3.48. The van der Waals surface area contributed by atoms with Crippen LogP contribution in [0.3, 0.4) is 0 Å². The van der Waals surface area contributed by atoms with Crippen LogP contribution in [-0.4, -0.2) is 19.7 Å². The molecule has 1 aromatic carbocycles. The Morgan fingerprint density at radius 3 is 2.76 bits per heavy atom. The van der Waals surface area contributed by atoms with Gasteiger partial charge in [-0.1, -0.05) is 23.2 Å². The molecule has 0 saturated heterocycles. The fourth-order valence-electron chi connectivity index (χ4n) is 1.48. The van der Waals surface area contributed by atoms with Crippen molar-refractivity contribution in [2.24, 2.45) is 5.92 Å². The number of rotatable bonds is 6. The SMILES string of the molecule is Clc1cc(OCCNCC2CC2)c(Cl)cc1Br. The van der Waals surface area contributed by atoms with Crippen LogP contribution in [0.4, 0.5) is 0 Å². The molecule has 1 fully saturated rings. The zero-order valence-corrected chi connectivity index (χ0v) is 12.4. The summed E-state index contributed by atoms with van der Waals surface area (Å²) in [6.45, 7) is 2.53. The molecule has 0 radical (unpaired) electrons. The topological polar surface area (TPSA) is 21.3 Å². The Morgan fingerprint density at radius 2 is 2.06 bits per heavy atom. The molecular formula is C12H14BrCl2NO. The molecule has 94 valence electrons. The van der Waals surface area contributed by atoms with Crippen molar-refractivity contribution >= 4 is 39.1 Å². The molecule has 2 nitrogen and oxygen atoms in total. The van der Waals surface area contributed by atoms with Gasteiger partial charge in [0.15, 0.2) is 0 Å². The van der Waals surface area contributed by atoms with Crippen LogP contribution in [0.25, 0.3) is 0 Å². The minimum Gasteiger partial charge on any atom is -0.491 e. The third-order valence-electron chi connectivity index (χ3n) is 2.64. The second kappa shape index (κ2) is 6.28. The highest BCUT2D eigenvalue weighted by Crippen LogP contribution is 2.34. The zero-order valence-electron chi connectivity index (χ0n) is 9.31. The highest BCUT2D eigenvalue weighted by Gasteiger charge is 2.19. The van der Waals surface area contributed by atoms with E-state index in [-0.39, 0.29) is 0 Å². The number of nitrogens with one attached hydrogen (secondary N) is 1. The highest BCUT2D eigenvalue weighted by molar-refractivity contribution is 9.10. The average molecular weight is 339 g/mol. The quantitative estimate of drug-likeness (QED) is 0.622. The first-order chi connectivity index (χ1) is 8.16. The molecular weight excluding hydrogens is 325 g/mol. The van der Waals surface area contributed by atoms with Crippen LogP contribution >= 0.6 is 39.1 Å². The van der Waals surface area contributed by atoms with Crippen molar-refractivity contribution in [3.05, 3.63) is 26.7 Å². The Labute approximate surface area is 120 Å². The number of hydrogen-bond donors (Lipinski definition) is 1. The Hall–Kier alpha value is 0.0400. The lowest BCUT2D eigenvalue weighted by Gasteiger charge is -2.10. The van der Waals surface area contributed by atoms with Crippen molar-refractivity contribution < 1.29 is 4.74 Å². The summed E-state index contributed by atoms with van der Waals surface area (Å²) in [7, 11) is 0. The van der Waals surface area contributed by atoms with Gasteiger partial charge in [-0.2, -0.15) is 0 Å². The highest BCUT2D eigenvalue weighted by atomic mass is 79.9. The van der Waals surface area contributed by atoms with Crippen molar-refractivity contribution in [3.8, 4) is 5.75 Å². The molecule has 0 amide bonds. The molecule has 0 spiro atoms. The van der Waals surface area contributed by atoms with Crippen LogP contribution in [0.5, 0.6) is 5.75 Å². The van der Waals surface area contributed by atoms with Crippen LogP contribution in [0.2, 0.25) is 10.0 Å². The predicted octanol–water partition coefficient (Wildman–Crippen LogP) is 4.13. The molecule has 5 heteroatoms. The van der Waals surface area contributed by atoms with Gasteiger partial charge in [0.25, 0.3) is 0 Å². The smallest absolute Gasteiger partial charge is 0.139 e. The van der Waals surface area contributed by atoms with Gasteiger partial charge in [-0.25, -0.2) is 0 Å². The second-order valence-corrected chi connectivity index (χ2v) is 5.86. The predicted molar refractivity (Wildman–Crippen MR) is 75.3 cm³/mol. The first kappa shape index (κ1) is 13.5. The van der Waals surface area contributed by atoms with Crippen molar-refractivity contribution in [2.75, 3.05) is 19.7 Å². The van der Waals surface area contributed by atoms with E-state index >= 15 is 0 Å². The van der Waals surface area contributed by atoms with Crippen LogP contribution in [0.15, 0.2) is 16.6 Å². The standard InChI is InChI=1S/C12H14BrCl2NO/c13-9-5-11(15)12(6-10(9)14)17-4-3-16-7-8-1-2-8/h5-6,8,16H,1-4,7H2. The average Bonchev–Trinajstić information content (AvgIpc) is 3.08. The van der Waals surface area contributed by atoms with E-state index in [4.69, 9.17) is 27.9 Å². The van der Waals surface area contributed by atoms with E-state index in [2.05, 4.69) is 21.2 Å². The van der Waals surface area contributed by atoms with Gasteiger partial charge in [-0.05, 0) is 47.3 Å². The maximum Gasteiger partial charge on any atom is 0.139 e. The second-order valence-electron chi connectivity index (χ2n) is 4.19. The number of hydrogen-bond acceptors (Lipinski definition) is 2. The van der Waals surface area contributed by atoms with Gasteiger partial charge in [-0.15, -0.1) is 0 Å². The molecule has 1 N–H and O–H groups in total. The zero-order chi connectivity index (χ0) is 12.3. The largest absolute Gasteiger partial charge is 0.491 e. The van der Waals surface area contributed by atoms with Crippen molar-refractivity contribution in [1.82, 2.24) is 5.32 Å². The summed E-state index contributed by atoms with van der Waals surface area (Å²) in [5.41, 5.74) is 0. The van der Waals surface area contributed by atoms with E-state index in [1.807, 2.05) is 0 Å². The van der Waals surface area contributed by atoms with Crippen molar-refractivity contribution in [3.63, 3.8) is 0 Å². The third-order valence-corrected chi connectivity index (χ3v) is 4.13. The number of ether oxygens (including phenoxy) is 1. The summed E-state index contributed by atoms with van der Waals surface area (Å²) in [4.78, 5) is 0. The fraction of sp³-hybridized carbons (Fsp3) is 0.500. The summed E-state index contributed by atoms with van der Waals surface area (Å²) in [6.07, 6.45) is 2.73. The molecule has 0 aromatic heterocycles. The number of halogens is 3. The minimum absolute atomic E-state index is 0.573. The molecule has 17 heavy (non-hydrogen) atoms. The fourth-order valence-corrected chi connectivity index (χ4v) is 2.32. The van der Waals surface area contributed by atoms with Crippen molar-refractivity contribution in [1.29, 1.82) is 0 Å². The molecule has 0 heterocycles. The molecule has 1 saturated carbocycles. The molecule has 0 bridgehead atoms. The van der Waals surface area contributed by atoms with Gasteiger partial charge < -0.3 is 10.1 Å². The summed E-state index contributed by atoms with van der Waals surface area (Å²) >= 11 is 15.3. The first-order valence-corrected chi connectivity index (χ1v) is 7.20. The van der Waals surface area contributed by atoms with E-state index in [0.29, 0.717) is 22.4 Å². The lowest BCUT2D eigenvalue weighted by Crippen LogP contribution is -2.23. The maximum atomic E-state index is 6.04. The summed E-state index contributed by atoms with van der Waals surface area (Å²) in [5, 5.41) is 4.53. The minimum atomic E-state index is 0.573.